The lowest BCUT2D eigenvalue weighted by Gasteiger charge is -2.17. The van der Waals surface area contributed by atoms with Crippen LogP contribution in [0.25, 0.3) is 0 Å². The molecule has 0 saturated carbocycles. The van der Waals surface area contributed by atoms with Gasteiger partial charge in [-0.05, 0) is 24.5 Å². The summed E-state index contributed by atoms with van der Waals surface area (Å²) in [6.07, 6.45) is -5.10. The number of hydrogen-bond acceptors (Lipinski definition) is 4. The van der Waals surface area contributed by atoms with Gasteiger partial charge in [-0.15, -0.1) is 13.2 Å². The van der Waals surface area contributed by atoms with Gasteiger partial charge in [0.05, 0.1) is 5.92 Å². The smallest absolute Gasteiger partial charge is 0.481 e. The van der Waals surface area contributed by atoms with Gasteiger partial charge in [-0.2, -0.15) is 0 Å². The average molecular weight is 387 g/mol. The second-order valence-corrected chi connectivity index (χ2v) is 7.34. The van der Waals surface area contributed by atoms with E-state index in [2.05, 4.69) is 4.74 Å². The van der Waals surface area contributed by atoms with E-state index in [-0.39, 0.29) is 12.3 Å². The van der Waals surface area contributed by atoms with E-state index in [1.165, 1.54) is 0 Å². The lowest BCUT2D eigenvalue weighted by Crippen LogP contribution is -2.34. The molecule has 2 N–H and O–H groups in total. The third-order valence-corrected chi connectivity index (χ3v) is 4.53. The quantitative estimate of drug-likeness (QED) is 0.669. The van der Waals surface area contributed by atoms with Crippen molar-refractivity contribution >= 4 is 16.0 Å². The van der Waals surface area contributed by atoms with Crippen LogP contribution in [0.4, 0.5) is 17.6 Å². The summed E-state index contributed by atoms with van der Waals surface area (Å²) in [5, 5.41) is 9.07. The fourth-order valence-corrected chi connectivity index (χ4v) is 3.34. The van der Waals surface area contributed by atoms with Crippen LogP contribution in [0.15, 0.2) is 23.1 Å². The SMILES string of the molecule is CC(C)CC(CNS(=O)(=O)c1c(F)cccc1OC(F)(F)F)C(=O)O. The zero-order valence-electron chi connectivity index (χ0n) is 13.3. The highest BCUT2D eigenvalue weighted by Gasteiger charge is 2.35. The number of sulfonamides is 1. The van der Waals surface area contributed by atoms with Crippen LogP contribution in [0, 0.1) is 17.7 Å². The minimum Gasteiger partial charge on any atom is -0.481 e. The highest BCUT2D eigenvalue weighted by Crippen LogP contribution is 2.31. The van der Waals surface area contributed by atoms with Gasteiger partial charge in [0.25, 0.3) is 0 Å². The molecule has 1 unspecified atom stereocenters. The Balaban J connectivity index is 3.11. The molecule has 11 heteroatoms. The third kappa shape index (κ3) is 6.50. The van der Waals surface area contributed by atoms with Crippen molar-refractivity contribution in [2.75, 3.05) is 6.54 Å². The molecule has 0 amide bonds. The fourth-order valence-electron chi connectivity index (χ4n) is 2.08. The second-order valence-electron chi connectivity index (χ2n) is 5.63. The predicted molar refractivity (Wildman–Crippen MR) is 78.9 cm³/mol. The number of carboxylic acids is 1. The van der Waals surface area contributed by atoms with Crippen molar-refractivity contribution in [2.45, 2.75) is 31.5 Å². The molecule has 0 bridgehead atoms. The molecule has 142 valence electrons. The molecule has 6 nitrogen and oxygen atoms in total. The van der Waals surface area contributed by atoms with Crippen molar-refractivity contribution in [3.63, 3.8) is 0 Å². The predicted octanol–water partition coefficient (Wildman–Crippen LogP) is 2.75. The van der Waals surface area contributed by atoms with Gasteiger partial charge in [-0.25, -0.2) is 17.5 Å². The summed E-state index contributed by atoms with van der Waals surface area (Å²) in [5.74, 6) is -5.16. The topological polar surface area (TPSA) is 92.7 Å². The number of ether oxygens (including phenoxy) is 1. The van der Waals surface area contributed by atoms with Crippen LogP contribution in [0.2, 0.25) is 0 Å². The lowest BCUT2D eigenvalue weighted by atomic mass is 9.98. The summed E-state index contributed by atoms with van der Waals surface area (Å²) in [4.78, 5) is 9.80. The van der Waals surface area contributed by atoms with Crippen molar-refractivity contribution in [2.24, 2.45) is 11.8 Å². The number of carboxylic acid groups (broad SMARTS) is 1. The van der Waals surface area contributed by atoms with Crippen LogP contribution in [0.1, 0.15) is 20.3 Å². The summed E-state index contributed by atoms with van der Waals surface area (Å²) in [5.41, 5.74) is 0. The molecule has 0 aromatic heterocycles. The van der Waals surface area contributed by atoms with Crippen LogP contribution in [0.5, 0.6) is 5.75 Å². The normalized spacial score (nSPS) is 13.7. The van der Waals surface area contributed by atoms with Crippen LogP contribution in [-0.2, 0) is 14.8 Å². The minimum absolute atomic E-state index is 0.0665. The summed E-state index contributed by atoms with van der Waals surface area (Å²) < 4.78 is 80.7. The van der Waals surface area contributed by atoms with Crippen molar-refractivity contribution in [3.8, 4) is 5.75 Å². The molecule has 1 rings (SSSR count). The van der Waals surface area contributed by atoms with Crippen molar-refractivity contribution < 1.29 is 40.6 Å². The highest BCUT2D eigenvalue weighted by molar-refractivity contribution is 7.89. The molecule has 1 atom stereocenters. The molecule has 25 heavy (non-hydrogen) atoms. The maximum absolute atomic E-state index is 13.8. The Morgan fingerprint density at radius 1 is 1.32 bits per heavy atom. The Labute approximate surface area is 141 Å². The summed E-state index contributed by atoms with van der Waals surface area (Å²) in [6, 6.07) is 2.16. The zero-order valence-corrected chi connectivity index (χ0v) is 14.1. The molecule has 0 saturated heterocycles. The van der Waals surface area contributed by atoms with Crippen molar-refractivity contribution in [3.05, 3.63) is 24.0 Å². The van der Waals surface area contributed by atoms with Gasteiger partial charge in [0.1, 0.15) is 5.82 Å². The largest absolute Gasteiger partial charge is 0.573 e. The molecule has 0 aliphatic heterocycles. The fraction of sp³-hybridized carbons (Fsp3) is 0.500. The number of aliphatic carboxylic acids is 1. The molecule has 0 radical (unpaired) electrons. The van der Waals surface area contributed by atoms with E-state index >= 15 is 0 Å². The lowest BCUT2D eigenvalue weighted by molar-refractivity contribution is -0.275. The molecule has 0 aliphatic carbocycles. The molecule has 1 aromatic rings. The highest BCUT2D eigenvalue weighted by atomic mass is 32.2. The maximum Gasteiger partial charge on any atom is 0.573 e. The van der Waals surface area contributed by atoms with Crippen molar-refractivity contribution in [1.29, 1.82) is 0 Å². The van der Waals surface area contributed by atoms with Gasteiger partial charge in [0.15, 0.2) is 10.6 Å². The Bertz CT molecular complexity index is 718. The van der Waals surface area contributed by atoms with Gasteiger partial charge >= 0.3 is 12.3 Å². The van der Waals surface area contributed by atoms with Gasteiger partial charge in [0, 0.05) is 6.54 Å². The number of rotatable bonds is 8. The van der Waals surface area contributed by atoms with Gasteiger partial charge in [-0.1, -0.05) is 19.9 Å². The average Bonchev–Trinajstić information content (AvgIpc) is 2.40. The third-order valence-electron chi connectivity index (χ3n) is 3.05. The number of nitrogens with one attached hydrogen (secondary N) is 1. The molecule has 1 aromatic carbocycles. The van der Waals surface area contributed by atoms with Gasteiger partial charge in [-0.3, -0.25) is 4.79 Å². The minimum atomic E-state index is -5.22. The first-order chi connectivity index (χ1) is 11.3. The number of hydrogen-bond donors (Lipinski definition) is 2. The van der Waals surface area contributed by atoms with E-state index in [9.17, 15) is 30.8 Å². The second kappa shape index (κ2) is 8.00. The van der Waals surface area contributed by atoms with E-state index in [4.69, 9.17) is 5.11 Å². The molecule has 0 spiro atoms. The Morgan fingerprint density at radius 2 is 1.92 bits per heavy atom. The number of benzene rings is 1. The Hall–Kier alpha value is -1.88. The standard InChI is InChI=1S/C14H17F4NO5S/c1-8(2)6-9(13(20)21)7-19-25(22,23)12-10(15)4-3-5-11(12)24-14(16,17)18/h3-5,8-9,19H,6-7H2,1-2H3,(H,20,21). The Kier molecular flexibility index (Phi) is 6.77. The van der Waals surface area contributed by atoms with Crippen LogP contribution in [-0.4, -0.2) is 32.4 Å². The van der Waals surface area contributed by atoms with Crippen LogP contribution >= 0.6 is 0 Å². The van der Waals surface area contributed by atoms with E-state index in [0.717, 1.165) is 6.07 Å². The molecule has 0 aliphatic rings. The first-order valence-corrected chi connectivity index (χ1v) is 8.58. The van der Waals surface area contributed by atoms with E-state index in [0.29, 0.717) is 12.1 Å². The van der Waals surface area contributed by atoms with E-state index in [1.54, 1.807) is 13.8 Å². The maximum atomic E-state index is 13.8. The molecular weight excluding hydrogens is 370 g/mol. The van der Waals surface area contributed by atoms with E-state index < -0.39 is 51.3 Å². The number of alkyl halides is 3. The number of halogens is 4. The van der Waals surface area contributed by atoms with E-state index in [1.807, 2.05) is 4.72 Å². The first kappa shape index (κ1) is 21.2. The summed E-state index contributed by atoms with van der Waals surface area (Å²) in [6.45, 7) is 2.84. The van der Waals surface area contributed by atoms with Gasteiger partial charge < -0.3 is 9.84 Å². The van der Waals surface area contributed by atoms with Crippen LogP contribution in [0.3, 0.4) is 0 Å². The summed E-state index contributed by atoms with van der Waals surface area (Å²) in [7, 11) is -4.77. The molecular formula is C14H17F4NO5S. The first-order valence-electron chi connectivity index (χ1n) is 7.10. The van der Waals surface area contributed by atoms with Crippen molar-refractivity contribution in [1.82, 2.24) is 4.72 Å². The zero-order chi connectivity index (χ0) is 19.4. The number of carbonyl (C=O) groups is 1. The van der Waals surface area contributed by atoms with Gasteiger partial charge in [0.2, 0.25) is 10.0 Å². The summed E-state index contributed by atoms with van der Waals surface area (Å²) >= 11 is 0. The van der Waals surface area contributed by atoms with Crippen LogP contribution < -0.4 is 9.46 Å². The molecule has 0 fully saturated rings. The monoisotopic (exact) mass is 387 g/mol. The Morgan fingerprint density at radius 3 is 2.40 bits per heavy atom. The molecule has 0 heterocycles.